The van der Waals surface area contributed by atoms with Gasteiger partial charge in [-0.3, -0.25) is 4.90 Å². The third-order valence-electron chi connectivity index (χ3n) is 4.64. The van der Waals surface area contributed by atoms with Crippen LogP contribution in [0.15, 0.2) is 46.9 Å². The number of hydrogen-bond acceptors (Lipinski definition) is 4. The molecule has 0 spiro atoms. The van der Waals surface area contributed by atoms with Gasteiger partial charge in [-0.15, -0.1) is 0 Å². The van der Waals surface area contributed by atoms with Gasteiger partial charge in [-0.2, -0.15) is 0 Å². The van der Waals surface area contributed by atoms with Crippen molar-refractivity contribution in [2.45, 2.75) is 13.0 Å². The van der Waals surface area contributed by atoms with Crippen molar-refractivity contribution < 1.29 is 14.6 Å². The van der Waals surface area contributed by atoms with E-state index in [0.717, 1.165) is 42.0 Å². The van der Waals surface area contributed by atoms with E-state index in [1.54, 1.807) is 12.1 Å². The van der Waals surface area contributed by atoms with Gasteiger partial charge < -0.3 is 14.6 Å². The van der Waals surface area contributed by atoms with Crippen molar-refractivity contribution >= 4 is 21.5 Å². The lowest BCUT2D eigenvalue weighted by Crippen LogP contribution is -2.28. The fraction of sp³-hybridized carbons (Fsp3) is 0.300. The third kappa shape index (κ3) is 3.67. The summed E-state index contributed by atoms with van der Waals surface area (Å²) >= 11 is 3.66. The van der Waals surface area contributed by atoms with E-state index in [2.05, 4.69) is 33.0 Å². The second-order valence-electron chi connectivity index (χ2n) is 6.35. The quantitative estimate of drug-likeness (QED) is 0.835. The van der Waals surface area contributed by atoms with E-state index < -0.39 is 0 Å². The number of hydrogen-bond donors (Lipinski definition) is 1. The lowest BCUT2D eigenvalue weighted by atomic mass is 9.99. The first-order valence-corrected chi connectivity index (χ1v) is 9.27. The van der Waals surface area contributed by atoms with Gasteiger partial charge in [0.15, 0.2) is 11.5 Å². The maximum atomic E-state index is 9.42. The highest BCUT2D eigenvalue weighted by molar-refractivity contribution is 9.10. The molecule has 0 bridgehead atoms. The fourth-order valence-electron chi connectivity index (χ4n) is 3.26. The second-order valence-corrected chi connectivity index (χ2v) is 7.20. The number of halogens is 1. The smallest absolute Gasteiger partial charge is 0.162 e. The van der Waals surface area contributed by atoms with Crippen LogP contribution in [0.25, 0.3) is 5.57 Å². The van der Waals surface area contributed by atoms with Crippen LogP contribution in [0, 0.1) is 0 Å². The molecule has 130 valence electrons. The first-order chi connectivity index (χ1) is 12.2. The van der Waals surface area contributed by atoms with Crippen molar-refractivity contribution in [3.63, 3.8) is 0 Å². The summed E-state index contributed by atoms with van der Waals surface area (Å²) < 4.78 is 12.4. The van der Waals surface area contributed by atoms with Gasteiger partial charge >= 0.3 is 0 Å². The van der Waals surface area contributed by atoms with Crippen molar-refractivity contribution in [1.82, 2.24) is 4.90 Å². The summed E-state index contributed by atoms with van der Waals surface area (Å²) in [6, 6.07) is 11.5. The molecule has 2 aliphatic rings. The Morgan fingerprint density at radius 3 is 2.44 bits per heavy atom. The van der Waals surface area contributed by atoms with Gasteiger partial charge in [0.05, 0.1) is 0 Å². The molecule has 2 aromatic carbocycles. The van der Waals surface area contributed by atoms with E-state index in [0.29, 0.717) is 19.0 Å². The van der Waals surface area contributed by atoms with Crippen LogP contribution in [0.4, 0.5) is 0 Å². The second kappa shape index (κ2) is 7.10. The monoisotopic (exact) mass is 401 g/mol. The summed E-state index contributed by atoms with van der Waals surface area (Å²) in [5.41, 5.74) is 3.75. The highest BCUT2D eigenvalue weighted by Crippen LogP contribution is 2.36. The predicted octanol–water partition coefficient (Wildman–Crippen LogP) is 4.22. The zero-order chi connectivity index (χ0) is 17.2. The van der Waals surface area contributed by atoms with Crippen LogP contribution in [-0.4, -0.2) is 36.3 Å². The molecule has 4 rings (SSSR count). The number of fused-ring (bicyclic) bond motifs is 1. The molecule has 0 atom stereocenters. The summed E-state index contributed by atoms with van der Waals surface area (Å²) in [6.07, 6.45) is 3.29. The van der Waals surface area contributed by atoms with Gasteiger partial charge in [-0.05, 0) is 47.4 Å². The van der Waals surface area contributed by atoms with Crippen molar-refractivity contribution in [3.05, 3.63) is 58.1 Å². The zero-order valence-corrected chi connectivity index (χ0v) is 15.5. The number of ether oxygens (including phenoxy) is 2. The zero-order valence-electron chi connectivity index (χ0n) is 13.9. The molecule has 2 aliphatic heterocycles. The molecule has 2 heterocycles. The Labute approximate surface area is 155 Å². The first kappa shape index (κ1) is 16.5. The Balaban J connectivity index is 1.45. The summed E-state index contributed by atoms with van der Waals surface area (Å²) in [6.45, 7) is 4.01. The van der Waals surface area contributed by atoms with Gasteiger partial charge in [-0.1, -0.05) is 34.1 Å². The topological polar surface area (TPSA) is 41.9 Å². The van der Waals surface area contributed by atoms with Crippen molar-refractivity contribution in [3.8, 4) is 17.2 Å². The van der Waals surface area contributed by atoms with E-state index in [4.69, 9.17) is 9.47 Å². The van der Waals surface area contributed by atoms with Crippen LogP contribution in [0.5, 0.6) is 17.2 Å². The van der Waals surface area contributed by atoms with E-state index >= 15 is 0 Å². The first-order valence-electron chi connectivity index (χ1n) is 8.48. The van der Waals surface area contributed by atoms with E-state index in [-0.39, 0.29) is 0 Å². The SMILES string of the molecule is Oc1ccc(C2=CCN(Cc3cc4c(cc3Br)OCCO4)CC2)cc1. The molecule has 4 nitrogen and oxygen atoms in total. The normalized spacial score (nSPS) is 17.2. The number of phenolic OH excluding ortho intramolecular Hbond substituents is 1. The molecule has 1 N–H and O–H groups in total. The molecule has 25 heavy (non-hydrogen) atoms. The van der Waals surface area contributed by atoms with Gasteiger partial charge in [0.1, 0.15) is 19.0 Å². The molecular formula is C20H20BrNO3. The maximum Gasteiger partial charge on any atom is 0.162 e. The number of benzene rings is 2. The molecular weight excluding hydrogens is 382 g/mol. The highest BCUT2D eigenvalue weighted by atomic mass is 79.9. The standard InChI is InChI=1S/C20H20BrNO3/c21-18-12-20-19(24-9-10-25-20)11-16(18)13-22-7-5-15(6-8-22)14-1-3-17(23)4-2-14/h1-5,11-12,23H,6-10,13H2. The lowest BCUT2D eigenvalue weighted by molar-refractivity contribution is 0.171. The minimum absolute atomic E-state index is 0.310. The van der Waals surface area contributed by atoms with E-state index in [1.807, 2.05) is 18.2 Å². The van der Waals surface area contributed by atoms with Crippen LogP contribution in [0.3, 0.4) is 0 Å². The fourth-order valence-corrected chi connectivity index (χ4v) is 3.71. The lowest BCUT2D eigenvalue weighted by Gasteiger charge is -2.27. The minimum atomic E-state index is 0.310. The molecule has 0 aliphatic carbocycles. The Bertz CT molecular complexity index is 801. The Hall–Kier alpha value is -1.98. The van der Waals surface area contributed by atoms with Crippen molar-refractivity contribution in [2.75, 3.05) is 26.3 Å². The molecule has 0 saturated heterocycles. The maximum absolute atomic E-state index is 9.42. The summed E-state index contributed by atoms with van der Waals surface area (Å²) in [5.74, 6) is 1.96. The van der Waals surface area contributed by atoms with Gasteiger partial charge in [-0.25, -0.2) is 0 Å². The van der Waals surface area contributed by atoms with Crippen LogP contribution in [0.1, 0.15) is 17.5 Å². The molecule has 0 radical (unpaired) electrons. The highest BCUT2D eigenvalue weighted by Gasteiger charge is 2.18. The summed E-state index contributed by atoms with van der Waals surface area (Å²) in [7, 11) is 0. The van der Waals surface area contributed by atoms with Gasteiger partial charge in [0.2, 0.25) is 0 Å². The summed E-state index contributed by atoms with van der Waals surface area (Å²) in [4.78, 5) is 2.42. The van der Waals surface area contributed by atoms with E-state index in [9.17, 15) is 5.11 Å². The summed E-state index contributed by atoms with van der Waals surface area (Å²) in [5, 5.41) is 9.42. The Morgan fingerprint density at radius 2 is 1.76 bits per heavy atom. The van der Waals surface area contributed by atoms with Crippen LogP contribution in [0.2, 0.25) is 0 Å². The molecule has 0 saturated carbocycles. The molecule has 0 fully saturated rings. The minimum Gasteiger partial charge on any atom is -0.508 e. The van der Waals surface area contributed by atoms with Crippen LogP contribution in [-0.2, 0) is 6.54 Å². The molecule has 0 aromatic heterocycles. The van der Waals surface area contributed by atoms with Crippen LogP contribution < -0.4 is 9.47 Å². The predicted molar refractivity (Wildman–Crippen MR) is 101 cm³/mol. The van der Waals surface area contributed by atoms with Gasteiger partial charge in [0.25, 0.3) is 0 Å². The largest absolute Gasteiger partial charge is 0.508 e. The third-order valence-corrected chi connectivity index (χ3v) is 5.37. The van der Waals surface area contributed by atoms with Gasteiger partial charge in [0, 0.05) is 24.1 Å². The number of nitrogens with zero attached hydrogens (tertiary/aromatic N) is 1. The molecule has 0 unspecified atom stereocenters. The average molecular weight is 402 g/mol. The van der Waals surface area contributed by atoms with Crippen molar-refractivity contribution in [1.29, 1.82) is 0 Å². The Kier molecular flexibility index (Phi) is 4.68. The number of aromatic hydroxyl groups is 1. The van der Waals surface area contributed by atoms with Crippen LogP contribution >= 0.6 is 15.9 Å². The number of rotatable bonds is 3. The molecule has 5 heteroatoms. The molecule has 2 aromatic rings. The van der Waals surface area contributed by atoms with Crippen molar-refractivity contribution in [2.24, 2.45) is 0 Å². The molecule has 0 amide bonds. The Morgan fingerprint density at radius 1 is 1.04 bits per heavy atom. The average Bonchev–Trinajstić information content (AvgIpc) is 2.64. The number of phenols is 1. The van der Waals surface area contributed by atoms with E-state index in [1.165, 1.54) is 16.7 Å².